The van der Waals surface area contributed by atoms with Gasteiger partial charge in [0.2, 0.25) is 0 Å². The highest BCUT2D eigenvalue weighted by Crippen LogP contribution is 2.40. The minimum atomic E-state index is 0.866. The minimum Gasteiger partial charge on any atom is -0.454 e. The van der Waals surface area contributed by atoms with Gasteiger partial charge in [-0.15, -0.1) is 0 Å². The van der Waals surface area contributed by atoms with Crippen molar-refractivity contribution in [1.82, 2.24) is 19.1 Å². The van der Waals surface area contributed by atoms with Crippen LogP contribution in [0.4, 0.5) is 0 Å². The summed E-state index contributed by atoms with van der Waals surface area (Å²) in [5.74, 6) is 0. The van der Waals surface area contributed by atoms with E-state index in [-0.39, 0.29) is 0 Å². The second-order valence-corrected chi connectivity index (χ2v) is 11.5. The zero-order valence-corrected chi connectivity index (χ0v) is 24.1. The van der Waals surface area contributed by atoms with E-state index in [9.17, 15) is 0 Å². The Morgan fingerprint density at radius 1 is 0.444 bits per heavy atom. The quantitative estimate of drug-likeness (QED) is 0.210. The van der Waals surface area contributed by atoms with Gasteiger partial charge in [0, 0.05) is 50.4 Å². The Labute approximate surface area is 257 Å². The predicted octanol–water partition coefficient (Wildman–Crippen LogP) is 10.2. The predicted molar refractivity (Wildman–Crippen MR) is 183 cm³/mol. The third-order valence-corrected chi connectivity index (χ3v) is 9.11. The van der Waals surface area contributed by atoms with Crippen LogP contribution in [-0.2, 0) is 0 Å². The lowest BCUT2D eigenvalue weighted by Gasteiger charge is -2.08. The van der Waals surface area contributed by atoms with Crippen molar-refractivity contribution in [2.45, 2.75) is 0 Å². The standard InChI is InChI=1S/C40H24N4O/c1-2-7-27(8-3-1)43-35-15-13-25(21-32(35)30-18-20-41-23-37(30)43)26-14-16-39-33(22-26)31-10-6-12-36(40(31)45-39)44-34-11-5-4-9-28(34)29-17-19-42-24-38(29)44/h1-24H. The molecule has 0 unspecified atom stereocenters. The van der Waals surface area contributed by atoms with Crippen molar-refractivity contribution in [3.63, 3.8) is 0 Å². The number of aromatic nitrogens is 4. The van der Waals surface area contributed by atoms with E-state index in [1.54, 1.807) is 0 Å². The molecule has 0 aliphatic heterocycles. The number of furan rings is 1. The van der Waals surface area contributed by atoms with Gasteiger partial charge in [0.1, 0.15) is 5.58 Å². The molecule has 45 heavy (non-hydrogen) atoms. The third kappa shape index (κ3) is 3.43. The molecule has 0 spiro atoms. The molecule has 5 aromatic heterocycles. The molecule has 0 radical (unpaired) electrons. The maximum atomic E-state index is 6.62. The van der Waals surface area contributed by atoms with E-state index >= 15 is 0 Å². The van der Waals surface area contributed by atoms with E-state index in [0.717, 1.165) is 66.5 Å². The lowest BCUT2D eigenvalue weighted by Crippen LogP contribution is -1.94. The molecule has 0 aliphatic rings. The minimum absolute atomic E-state index is 0.866. The van der Waals surface area contributed by atoms with Crippen LogP contribution in [0.25, 0.3) is 88.1 Å². The fraction of sp³-hybridized carbons (Fsp3) is 0. The first-order chi connectivity index (χ1) is 22.3. The Morgan fingerprint density at radius 2 is 1.09 bits per heavy atom. The average molecular weight is 577 g/mol. The van der Waals surface area contributed by atoms with Crippen LogP contribution >= 0.6 is 0 Å². The van der Waals surface area contributed by atoms with Crippen LogP contribution in [0.3, 0.4) is 0 Å². The summed E-state index contributed by atoms with van der Waals surface area (Å²) in [7, 11) is 0. The fourth-order valence-electron chi connectivity index (χ4n) is 7.12. The van der Waals surface area contributed by atoms with Gasteiger partial charge in [0.05, 0.1) is 40.1 Å². The number of nitrogens with zero attached hydrogens (tertiary/aromatic N) is 4. The summed E-state index contributed by atoms with van der Waals surface area (Å²) in [6, 6.07) is 42.9. The van der Waals surface area contributed by atoms with E-state index in [2.05, 4.69) is 134 Å². The van der Waals surface area contributed by atoms with Crippen molar-refractivity contribution in [1.29, 1.82) is 0 Å². The molecule has 210 valence electrons. The molecular weight excluding hydrogens is 552 g/mol. The van der Waals surface area contributed by atoms with Gasteiger partial charge in [0.15, 0.2) is 5.58 Å². The van der Waals surface area contributed by atoms with E-state index in [4.69, 9.17) is 4.42 Å². The van der Waals surface area contributed by atoms with Crippen LogP contribution in [0.2, 0.25) is 0 Å². The maximum absolute atomic E-state index is 6.62. The Morgan fingerprint density at radius 3 is 1.93 bits per heavy atom. The van der Waals surface area contributed by atoms with E-state index in [0.29, 0.717) is 0 Å². The average Bonchev–Trinajstić information content (AvgIpc) is 3.76. The second-order valence-electron chi connectivity index (χ2n) is 11.5. The highest BCUT2D eigenvalue weighted by Gasteiger charge is 2.18. The van der Waals surface area contributed by atoms with Crippen molar-refractivity contribution in [2.24, 2.45) is 0 Å². The highest BCUT2D eigenvalue weighted by molar-refractivity contribution is 6.14. The van der Waals surface area contributed by atoms with Crippen LogP contribution in [0.1, 0.15) is 0 Å². The molecular formula is C40H24N4O. The Kier molecular flexibility index (Phi) is 4.93. The van der Waals surface area contributed by atoms with Crippen molar-refractivity contribution in [2.75, 3.05) is 0 Å². The number of hydrogen-bond acceptors (Lipinski definition) is 3. The van der Waals surface area contributed by atoms with Gasteiger partial charge in [-0.1, -0.05) is 60.7 Å². The number of pyridine rings is 2. The third-order valence-electron chi connectivity index (χ3n) is 9.11. The number of hydrogen-bond donors (Lipinski definition) is 0. The Bertz CT molecular complexity index is 2710. The molecule has 5 aromatic carbocycles. The number of para-hydroxylation sites is 3. The summed E-state index contributed by atoms with van der Waals surface area (Å²) >= 11 is 0. The summed E-state index contributed by atoms with van der Waals surface area (Å²) < 4.78 is 11.2. The Balaban J connectivity index is 1.18. The number of fused-ring (bicyclic) bond motifs is 9. The van der Waals surface area contributed by atoms with Crippen molar-refractivity contribution in [3.05, 3.63) is 146 Å². The molecule has 5 heteroatoms. The van der Waals surface area contributed by atoms with Crippen LogP contribution in [-0.4, -0.2) is 19.1 Å². The number of rotatable bonds is 3. The fourth-order valence-corrected chi connectivity index (χ4v) is 7.12. The first kappa shape index (κ1) is 24.3. The first-order valence-electron chi connectivity index (χ1n) is 15.1. The monoisotopic (exact) mass is 576 g/mol. The summed E-state index contributed by atoms with van der Waals surface area (Å²) in [5, 5.41) is 6.95. The van der Waals surface area contributed by atoms with Crippen molar-refractivity contribution >= 4 is 65.6 Å². The second kappa shape index (κ2) is 9.15. The van der Waals surface area contributed by atoms with Gasteiger partial charge in [-0.25, -0.2) is 0 Å². The lowest BCUT2D eigenvalue weighted by molar-refractivity contribution is 0.666. The number of benzene rings is 5. The topological polar surface area (TPSA) is 48.8 Å². The molecule has 5 heterocycles. The molecule has 10 rings (SSSR count). The normalized spacial score (nSPS) is 12.0. The maximum Gasteiger partial charge on any atom is 0.159 e. The molecule has 0 saturated carbocycles. The smallest absolute Gasteiger partial charge is 0.159 e. The molecule has 10 aromatic rings. The van der Waals surface area contributed by atoms with Crippen LogP contribution < -0.4 is 0 Å². The van der Waals surface area contributed by atoms with Crippen LogP contribution in [0.15, 0.2) is 151 Å². The molecule has 0 bridgehead atoms. The van der Waals surface area contributed by atoms with Gasteiger partial charge >= 0.3 is 0 Å². The molecule has 0 atom stereocenters. The molecule has 0 fully saturated rings. The molecule has 0 aliphatic carbocycles. The lowest BCUT2D eigenvalue weighted by atomic mass is 10.0. The first-order valence-corrected chi connectivity index (χ1v) is 15.1. The van der Waals surface area contributed by atoms with Gasteiger partial charge in [-0.05, 0) is 71.8 Å². The van der Waals surface area contributed by atoms with Gasteiger partial charge in [-0.3, -0.25) is 9.97 Å². The molecule has 5 nitrogen and oxygen atoms in total. The van der Waals surface area contributed by atoms with Gasteiger partial charge in [-0.2, -0.15) is 0 Å². The van der Waals surface area contributed by atoms with E-state index in [1.807, 2.05) is 30.9 Å². The largest absolute Gasteiger partial charge is 0.454 e. The van der Waals surface area contributed by atoms with Crippen molar-refractivity contribution in [3.8, 4) is 22.5 Å². The molecule has 0 amide bonds. The summed E-state index contributed by atoms with van der Waals surface area (Å²) in [6.07, 6.45) is 7.63. The van der Waals surface area contributed by atoms with Crippen LogP contribution in [0, 0.1) is 0 Å². The van der Waals surface area contributed by atoms with E-state index < -0.39 is 0 Å². The van der Waals surface area contributed by atoms with Crippen molar-refractivity contribution < 1.29 is 4.42 Å². The zero-order valence-electron chi connectivity index (χ0n) is 24.1. The van der Waals surface area contributed by atoms with Crippen LogP contribution in [0.5, 0.6) is 0 Å². The molecule has 0 saturated heterocycles. The molecule has 0 N–H and O–H groups in total. The highest BCUT2D eigenvalue weighted by atomic mass is 16.3. The van der Waals surface area contributed by atoms with Gasteiger partial charge in [0.25, 0.3) is 0 Å². The van der Waals surface area contributed by atoms with E-state index in [1.165, 1.54) is 21.5 Å². The summed E-state index contributed by atoms with van der Waals surface area (Å²) in [5.41, 5.74) is 10.6. The summed E-state index contributed by atoms with van der Waals surface area (Å²) in [6.45, 7) is 0. The SMILES string of the molecule is c1ccc(-n2c3ccc(-c4ccc5oc6c(-n7c8ccccc8c8ccncc87)cccc6c5c4)cc3c3ccncc32)cc1. The zero-order chi connectivity index (χ0) is 29.5. The Hall–Kier alpha value is -6.20. The van der Waals surface area contributed by atoms with Gasteiger partial charge < -0.3 is 13.6 Å². The summed E-state index contributed by atoms with van der Waals surface area (Å²) in [4.78, 5) is 8.92.